The highest BCUT2D eigenvalue weighted by Gasteiger charge is 2.52. The number of piperazine rings is 1. The lowest BCUT2D eigenvalue weighted by atomic mass is 9.91. The van der Waals surface area contributed by atoms with Crippen molar-refractivity contribution >= 4 is 33.4 Å². The summed E-state index contributed by atoms with van der Waals surface area (Å²) in [6.45, 7) is 1.69. The van der Waals surface area contributed by atoms with Gasteiger partial charge in [0.1, 0.15) is 17.9 Å². The van der Waals surface area contributed by atoms with E-state index in [2.05, 4.69) is 21.2 Å². The first-order chi connectivity index (χ1) is 9.41. The molecule has 0 radical (unpaired) electrons. The van der Waals surface area contributed by atoms with Gasteiger partial charge in [-0.1, -0.05) is 0 Å². The van der Waals surface area contributed by atoms with Crippen molar-refractivity contribution in [2.75, 3.05) is 11.4 Å². The van der Waals surface area contributed by atoms with Gasteiger partial charge in [-0.15, -0.1) is 0 Å². The molecule has 2 amide bonds. The van der Waals surface area contributed by atoms with Crippen LogP contribution in [0, 0.1) is 11.7 Å². The second-order valence-corrected chi connectivity index (χ2v) is 6.37. The Morgan fingerprint density at radius 2 is 2.10 bits per heavy atom. The summed E-state index contributed by atoms with van der Waals surface area (Å²) in [7, 11) is 0. The summed E-state index contributed by atoms with van der Waals surface area (Å²) < 4.78 is 14.0. The predicted molar refractivity (Wildman–Crippen MR) is 75.7 cm³/mol. The second kappa shape index (κ2) is 4.55. The number of halogens is 2. The van der Waals surface area contributed by atoms with E-state index in [1.54, 1.807) is 19.1 Å². The number of hydrogen-bond acceptors (Lipinski definition) is 2. The molecular formula is C14H14BrFN2O2. The van der Waals surface area contributed by atoms with E-state index in [0.29, 0.717) is 10.2 Å². The molecular weight excluding hydrogens is 327 g/mol. The molecule has 2 fully saturated rings. The number of amides is 2. The molecule has 1 saturated carbocycles. The smallest absolute Gasteiger partial charge is 0.253 e. The summed E-state index contributed by atoms with van der Waals surface area (Å²) in [5.41, 5.74) is -0.448. The summed E-state index contributed by atoms with van der Waals surface area (Å²) in [5.74, 6) is -0.639. The van der Waals surface area contributed by atoms with Gasteiger partial charge in [0.2, 0.25) is 5.91 Å². The summed E-state index contributed by atoms with van der Waals surface area (Å²) in [6, 6.07) is 4.45. The molecule has 1 saturated heterocycles. The van der Waals surface area contributed by atoms with E-state index >= 15 is 0 Å². The van der Waals surface area contributed by atoms with Gasteiger partial charge in [-0.25, -0.2) is 4.39 Å². The highest BCUT2D eigenvalue weighted by atomic mass is 79.9. The lowest BCUT2D eigenvalue weighted by Crippen LogP contribution is -2.66. The van der Waals surface area contributed by atoms with Crippen molar-refractivity contribution in [1.29, 1.82) is 0 Å². The number of benzene rings is 1. The van der Waals surface area contributed by atoms with Gasteiger partial charge in [-0.3, -0.25) is 9.59 Å². The van der Waals surface area contributed by atoms with Crippen molar-refractivity contribution in [2.45, 2.75) is 25.3 Å². The molecule has 0 aromatic heterocycles. The van der Waals surface area contributed by atoms with Gasteiger partial charge in [0.15, 0.2) is 0 Å². The minimum Gasteiger partial charge on any atom is -0.340 e. The number of anilines is 1. The molecule has 1 heterocycles. The van der Waals surface area contributed by atoms with E-state index in [4.69, 9.17) is 0 Å². The molecule has 1 aliphatic heterocycles. The lowest BCUT2D eigenvalue weighted by molar-refractivity contribution is -0.136. The maximum Gasteiger partial charge on any atom is 0.253 e. The molecule has 0 spiro atoms. The van der Waals surface area contributed by atoms with Crippen molar-refractivity contribution in [3.63, 3.8) is 0 Å². The normalized spacial score (nSPS) is 26.6. The minimum absolute atomic E-state index is 0.0672. The van der Waals surface area contributed by atoms with E-state index in [1.165, 1.54) is 11.0 Å². The van der Waals surface area contributed by atoms with Gasteiger partial charge in [0, 0.05) is 5.69 Å². The number of nitrogens with zero attached hydrogens (tertiary/aromatic N) is 1. The summed E-state index contributed by atoms with van der Waals surface area (Å²) in [4.78, 5) is 25.9. The van der Waals surface area contributed by atoms with E-state index in [1.807, 2.05) is 0 Å². The molecule has 106 valence electrons. The monoisotopic (exact) mass is 340 g/mol. The molecule has 1 aromatic carbocycles. The molecule has 3 rings (SSSR count). The number of carbonyl (C=O) groups excluding carboxylic acids is 2. The quantitative estimate of drug-likeness (QED) is 0.897. The van der Waals surface area contributed by atoms with Crippen LogP contribution in [0.25, 0.3) is 0 Å². The standard InChI is InChI=1S/C14H14BrFN2O2/c1-14(8-2-3-8)13(20)18(7-12(19)17-14)9-4-5-10(15)11(16)6-9/h4-6,8H,2-3,7H2,1H3,(H,17,19). The summed E-state index contributed by atoms with van der Waals surface area (Å²) >= 11 is 3.08. The maximum atomic E-state index is 13.6. The number of hydrogen-bond donors (Lipinski definition) is 1. The zero-order valence-corrected chi connectivity index (χ0v) is 12.5. The van der Waals surface area contributed by atoms with Crippen LogP contribution in [0.4, 0.5) is 10.1 Å². The Balaban J connectivity index is 1.97. The summed E-state index contributed by atoms with van der Waals surface area (Å²) in [6.07, 6.45) is 1.87. The van der Waals surface area contributed by atoms with Gasteiger partial charge in [-0.05, 0) is 59.8 Å². The lowest BCUT2D eigenvalue weighted by Gasteiger charge is -2.40. The van der Waals surface area contributed by atoms with Gasteiger partial charge >= 0.3 is 0 Å². The van der Waals surface area contributed by atoms with Crippen LogP contribution in [0.3, 0.4) is 0 Å². The molecule has 0 bridgehead atoms. The molecule has 4 nitrogen and oxygen atoms in total. The van der Waals surface area contributed by atoms with Crippen molar-refractivity contribution in [1.82, 2.24) is 5.32 Å². The first-order valence-corrected chi connectivity index (χ1v) is 7.29. The Bertz CT molecular complexity index is 603. The molecule has 1 aromatic rings. The Kier molecular flexibility index (Phi) is 3.08. The maximum absolute atomic E-state index is 13.6. The molecule has 20 heavy (non-hydrogen) atoms. The van der Waals surface area contributed by atoms with E-state index < -0.39 is 11.4 Å². The van der Waals surface area contributed by atoms with Crippen molar-refractivity contribution < 1.29 is 14.0 Å². The van der Waals surface area contributed by atoms with Crippen LogP contribution in [-0.2, 0) is 9.59 Å². The van der Waals surface area contributed by atoms with Gasteiger partial charge in [-0.2, -0.15) is 0 Å². The molecule has 1 N–H and O–H groups in total. The van der Waals surface area contributed by atoms with Crippen molar-refractivity contribution in [2.24, 2.45) is 5.92 Å². The van der Waals surface area contributed by atoms with Crippen LogP contribution < -0.4 is 10.2 Å². The van der Waals surface area contributed by atoms with Crippen molar-refractivity contribution in [3.05, 3.63) is 28.5 Å². The fraction of sp³-hybridized carbons (Fsp3) is 0.429. The fourth-order valence-electron chi connectivity index (χ4n) is 2.68. The number of nitrogens with one attached hydrogen (secondary N) is 1. The first kappa shape index (κ1) is 13.5. The van der Waals surface area contributed by atoms with Crippen LogP contribution in [-0.4, -0.2) is 23.9 Å². The molecule has 1 unspecified atom stereocenters. The van der Waals surface area contributed by atoms with Crippen LogP contribution in [0.15, 0.2) is 22.7 Å². The average Bonchev–Trinajstić information content (AvgIpc) is 3.22. The van der Waals surface area contributed by atoms with Crippen LogP contribution >= 0.6 is 15.9 Å². The highest BCUT2D eigenvalue weighted by molar-refractivity contribution is 9.10. The zero-order chi connectivity index (χ0) is 14.5. The largest absolute Gasteiger partial charge is 0.340 e. The molecule has 1 aliphatic carbocycles. The predicted octanol–water partition coefficient (Wildman–Crippen LogP) is 2.22. The minimum atomic E-state index is -0.862. The third kappa shape index (κ3) is 2.12. The topological polar surface area (TPSA) is 49.4 Å². The van der Waals surface area contributed by atoms with E-state index in [-0.39, 0.29) is 24.3 Å². The highest BCUT2D eigenvalue weighted by Crippen LogP contribution is 2.42. The van der Waals surface area contributed by atoms with Crippen molar-refractivity contribution in [3.8, 4) is 0 Å². The van der Waals surface area contributed by atoms with Crippen LogP contribution in [0.1, 0.15) is 19.8 Å². The second-order valence-electron chi connectivity index (χ2n) is 5.51. The summed E-state index contributed by atoms with van der Waals surface area (Å²) in [5, 5.41) is 2.80. The Hall–Kier alpha value is -1.43. The van der Waals surface area contributed by atoms with Gasteiger partial charge < -0.3 is 10.2 Å². The third-order valence-electron chi connectivity index (χ3n) is 4.00. The fourth-order valence-corrected chi connectivity index (χ4v) is 2.92. The van der Waals surface area contributed by atoms with E-state index in [0.717, 1.165) is 12.8 Å². The van der Waals surface area contributed by atoms with E-state index in [9.17, 15) is 14.0 Å². The van der Waals surface area contributed by atoms with Gasteiger partial charge in [0.25, 0.3) is 5.91 Å². The molecule has 1 atom stereocenters. The van der Waals surface area contributed by atoms with Crippen LogP contribution in [0.5, 0.6) is 0 Å². The first-order valence-electron chi connectivity index (χ1n) is 6.50. The third-order valence-corrected chi connectivity index (χ3v) is 4.64. The Labute approximate surface area is 124 Å². The zero-order valence-electron chi connectivity index (χ0n) is 11.0. The SMILES string of the molecule is CC1(C2CC2)NC(=O)CN(c2ccc(Br)c(F)c2)C1=O. The number of carbonyl (C=O) groups is 2. The van der Waals surface area contributed by atoms with Crippen LogP contribution in [0.2, 0.25) is 0 Å². The van der Waals surface area contributed by atoms with Gasteiger partial charge in [0.05, 0.1) is 4.47 Å². The molecule has 2 aliphatic rings. The molecule has 6 heteroatoms. The Morgan fingerprint density at radius 1 is 1.40 bits per heavy atom. The Morgan fingerprint density at radius 3 is 2.70 bits per heavy atom. The number of rotatable bonds is 2. The average molecular weight is 341 g/mol.